The highest BCUT2D eigenvalue weighted by molar-refractivity contribution is 4.79. The van der Waals surface area contributed by atoms with Gasteiger partial charge in [-0.1, -0.05) is 0 Å². The minimum atomic E-state index is -3.99. The fourth-order valence-corrected chi connectivity index (χ4v) is 2.83. The second-order valence-corrected chi connectivity index (χ2v) is 7.20. The second kappa shape index (κ2) is 7.12. The van der Waals surface area contributed by atoms with Crippen LogP contribution in [0.4, 0.5) is 13.2 Å². The highest BCUT2D eigenvalue weighted by atomic mass is 19.4. The van der Waals surface area contributed by atoms with Crippen molar-refractivity contribution in [2.75, 3.05) is 26.7 Å². The number of hydrogen-bond donors (Lipinski definition) is 1. The molecule has 1 rings (SSSR count). The van der Waals surface area contributed by atoms with Crippen LogP contribution in [0.5, 0.6) is 0 Å². The molecule has 0 aliphatic heterocycles. The van der Waals surface area contributed by atoms with Crippen molar-refractivity contribution in [3.8, 4) is 0 Å². The predicted octanol–water partition coefficient (Wildman–Crippen LogP) is 3.68. The molecule has 5 heteroatoms. The van der Waals surface area contributed by atoms with E-state index >= 15 is 0 Å². The van der Waals surface area contributed by atoms with Gasteiger partial charge in [0.05, 0.1) is 5.92 Å². The Hall–Kier alpha value is -0.290. The van der Waals surface area contributed by atoms with Gasteiger partial charge in [-0.2, -0.15) is 13.2 Å². The van der Waals surface area contributed by atoms with Crippen LogP contribution in [0.1, 0.15) is 46.5 Å². The fraction of sp³-hybridized carbons (Fsp3) is 1.00. The Bertz CT molecular complexity index is 276. The molecule has 2 nitrogen and oxygen atoms in total. The van der Waals surface area contributed by atoms with Crippen LogP contribution < -0.4 is 5.32 Å². The Morgan fingerprint density at radius 1 is 1.05 bits per heavy atom. The van der Waals surface area contributed by atoms with Gasteiger partial charge in [0.2, 0.25) is 0 Å². The van der Waals surface area contributed by atoms with Crippen LogP contribution in [0.3, 0.4) is 0 Å². The van der Waals surface area contributed by atoms with Gasteiger partial charge in [0.25, 0.3) is 0 Å². The Balaban J connectivity index is 2.20. The summed E-state index contributed by atoms with van der Waals surface area (Å²) in [6.07, 6.45) is -1.96. The van der Waals surface area contributed by atoms with Gasteiger partial charge >= 0.3 is 6.18 Å². The van der Waals surface area contributed by atoms with Crippen LogP contribution in [0.2, 0.25) is 0 Å². The van der Waals surface area contributed by atoms with Crippen LogP contribution in [0.15, 0.2) is 0 Å². The number of nitrogens with zero attached hydrogens (tertiary/aromatic N) is 1. The third-order valence-corrected chi connectivity index (χ3v) is 4.03. The molecule has 1 saturated carbocycles. The van der Waals surface area contributed by atoms with E-state index in [-0.39, 0.29) is 5.54 Å². The largest absolute Gasteiger partial charge is 0.391 e. The zero-order valence-corrected chi connectivity index (χ0v) is 13.2. The van der Waals surface area contributed by atoms with Crippen molar-refractivity contribution in [1.82, 2.24) is 10.2 Å². The lowest BCUT2D eigenvalue weighted by Crippen LogP contribution is -2.41. The normalized spacial score (nSPS) is 25.2. The summed E-state index contributed by atoms with van der Waals surface area (Å²) < 4.78 is 37.8. The molecule has 0 heterocycles. The number of halogens is 3. The molecule has 0 spiro atoms. The van der Waals surface area contributed by atoms with Gasteiger partial charge in [0.1, 0.15) is 0 Å². The predicted molar refractivity (Wildman–Crippen MR) is 76.8 cm³/mol. The van der Waals surface area contributed by atoms with E-state index in [4.69, 9.17) is 0 Å². The van der Waals surface area contributed by atoms with Crippen molar-refractivity contribution in [1.29, 1.82) is 0 Å². The van der Waals surface area contributed by atoms with Crippen LogP contribution in [-0.4, -0.2) is 43.3 Å². The molecular formula is C15H29F3N2. The van der Waals surface area contributed by atoms with E-state index in [1.165, 1.54) is 0 Å². The molecule has 0 bridgehead atoms. The monoisotopic (exact) mass is 294 g/mol. The fourth-order valence-electron chi connectivity index (χ4n) is 2.83. The van der Waals surface area contributed by atoms with E-state index in [2.05, 4.69) is 38.0 Å². The summed E-state index contributed by atoms with van der Waals surface area (Å²) in [7, 11) is 2.06. The molecule has 0 aromatic rings. The lowest BCUT2D eigenvalue weighted by atomic mass is 9.81. The maximum absolute atomic E-state index is 12.6. The molecule has 0 atom stereocenters. The van der Waals surface area contributed by atoms with Gasteiger partial charge in [0, 0.05) is 25.2 Å². The Morgan fingerprint density at radius 2 is 1.60 bits per heavy atom. The molecule has 1 N–H and O–H groups in total. The summed E-state index contributed by atoms with van der Waals surface area (Å²) >= 11 is 0. The van der Waals surface area contributed by atoms with Gasteiger partial charge in [0.15, 0.2) is 0 Å². The molecule has 0 aromatic carbocycles. The van der Waals surface area contributed by atoms with Crippen molar-refractivity contribution in [3.63, 3.8) is 0 Å². The summed E-state index contributed by atoms with van der Waals surface area (Å²) in [6, 6.07) is 0. The van der Waals surface area contributed by atoms with E-state index < -0.39 is 12.1 Å². The number of alkyl halides is 3. The van der Waals surface area contributed by atoms with Crippen LogP contribution in [-0.2, 0) is 0 Å². The van der Waals surface area contributed by atoms with Crippen molar-refractivity contribution in [2.45, 2.75) is 58.2 Å². The van der Waals surface area contributed by atoms with Crippen LogP contribution >= 0.6 is 0 Å². The second-order valence-electron chi connectivity index (χ2n) is 7.20. The van der Waals surface area contributed by atoms with Crippen LogP contribution in [0, 0.1) is 11.8 Å². The first-order chi connectivity index (χ1) is 9.08. The first kappa shape index (κ1) is 17.8. The lowest BCUT2D eigenvalue weighted by molar-refractivity contribution is -0.184. The van der Waals surface area contributed by atoms with Crippen molar-refractivity contribution in [2.24, 2.45) is 11.8 Å². The number of rotatable bonds is 5. The maximum Gasteiger partial charge on any atom is 0.391 e. The summed E-state index contributed by atoms with van der Waals surface area (Å²) in [4.78, 5) is 2.23. The third kappa shape index (κ3) is 6.93. The number of nitrogens with one attached hydrogen (secondary N) is 1. The Labute approximate surface area is 121 Å². The van der Waals surface area contributed by atoms with Crippen molar-refractivity contribution in [3.05, 3.63) is 0 Å². The molecular weight excluding hydrogens is 265 g/mol. The summed E-state index contributed by atoms with van der Waals surface area (Å²) in [5.74, 6) is -0.639. The molecule has 0 radical (unpaired) electrons. The number of hydrogen-bond acceptors (Lipinski definition) is 2. The highest BCUT2D eigenvalue weighted by Gasteiger charge is 2.41. The van der Waals surface area contributed by atoms with E-state index in [9.17, 15) is 13.2 Å². The third-order valence-electron chi connectivity index (χ3n) is 4.03. The van der Waals surface area contributed by atoms with Gasteiger partial charge in [-0.3, -0.25) is 0 Å². The molecule has 0 saturated heterocycles. The molecule has 1 aliphatic carbocycles. The average Bonchev–Trinajstić information content (AvgIpc) is 2.26. The SMILES string of the molecule is CN(CCNC(C)(C)C)CC1CCC(C(F)(F)F)CC1. The Kier molecular flexibility index (Phi) is 6.32. The van der Waals surface area contributed by atoms with E-state index in [1.807, 2.05) is 0 Å². The topological polar surface area (TPSA) is 15.3 Å². The van der Waals surface area contributed by atoms with Crippen molar-refractivity contribution >= 4 is 0 Å². The van der Waals surface area contributed by atoms with Gasteiger partial charge < -0.3 is 10.2 Å². The zero-order chi connectivity index (χ0) is 15.4. The summed E-state index contributed by atoms with van der Waals surface area (Å²) in [6.45, 7) is 9.16. The molecule has 20 heavy (non-hydrogen) atoms. The minimum Gasteiger partial charge on any atom is -0.311 e. The molecule has 120 valence electrons. The first-order valence-corrected chi connectivity index (χ1v) is 7.58. The summed E-state index contributed by atoms with van der Waals surface area (Å²) in [5, 5.41) is 3.43. The molecule has 1 fully saturated rings. The first-order valence-electron chi connectivity index (χ1n) is 7.58. The van der Waals surface area contributed by atoms with Gasteiger partial charge in [-0.15, -0.1) is 0 Å². The quantitative estimate of drug-likeness (QED) is 0.832. The summed E-state index contributed by atoms with van der Waals surface area (Å²) in [5.41, 5.74) is 0.117. The van der Waals surface area contributed by atoms with E-state index in [0.717, 1.165) is 19.6 Å². The molecule has 0 amide bonds. The average molecular weight is 294 g/mol. The molecule has 0 aromatic heterocycles. The van der Waals surface area contributed by atoms with E-state index in [0.29, 0.717) is 31.6 Å². The van der Waals surface area contributed by atoms with Gasteiger partial charge in [-0.05, 0) is 59.4 Å². The molecule has 1 aliphatic rings. The zero-order valence-electron chi connectivity index (χ0n) is 13.2. The van der Waals surface area contributed by atoms with Gasteiger partial charge in [-0.25, -0.2) is 0 Å². The smallest absolute Gasteiger partial charge is 0.311 e. The standard InChI is InChI=1S/C15H29F3N2/c1-14(2,3)19-9-10-20(4)11-12-5-7-13(8-6-12)15(16,17)18/h12-13,19H,5-11H2,1-4H3. The highest BCUT2D eigenvalue weighted by Crippen LogP contribution is 2.39. The minimum absolute atomic E-state index is 0.117. The van der Waals surface area contributed by atoms with E-state index in [1.54, 1.807) is 0 Å². The number of likely N-dealkylation sites (N-methyl/N-ethyl adjacent to an activating group) is 1. The molecule has 0 unspecified atom stereocenters. The Morgan fingerprint density at radius 3 is 2.05 bits per heavy atom. The maximum atomic E-state index is 12.6. The lowest BCUT2D eigenvalue weighted by Gasteiger charge is -2.32. The van der Waals surface area contributed by atoms with Crippen LogP contribution in [0.25, 0.3) is 0 Å². The van der Waals surface area contributed by atoms with Crippen molar-refractivity contribution < 1.29 is 13.2 Å².